The fraction of sp³-hybridized carbons (Fsp3) is 0.667. The van der Waals surface area contributed by atoms with E-state index in [1.54, 1.807) is 29.1 Å². The zero-order valence-corrected chi connectivity index (χ0v) is 26.8. The molecule has 0 bridgehead atoms. The minimum absolute atomic E-state index is 0.0833. The molecule has 0 unspecified atom stereocenters. The molecule has 1 aromatic heterocycles. The van der Waals surface area contributed by atoms with Gasteiger partial charge in [0.2, 0.25) is 5.79 Å². The van der Waals surface area contributed by atoms with Gasteiger partial charge in [-0.15, -0.1) is 16.7 Å². The summed E-state index contributed by atoms with van der Waals surface area (Å²) in [5.41, 5.74) is 2.79. The smallest absolute Gasteiger partial charge is 0.238 e. The molecule has 0 spiro atoms. The van der Waals surface area contributed by atoms with Gasteiger partial charge in [-0.3, -0.25) is 0 Å². The summed E-state index contributed by atoms with van der Waals surface area (Å²) in [7, 11) is 0. The number of alkyl halides is 1. The maximum Gasteiger partial charge on any atom is 0.238 e. The van der Waals surface area contributed by atoms with Crippen LogP contribution in [-0.4, -0.2) is 71.6 Å². The predicted octanol–water partition coefficient (Wildman–Crippen LogP) is 5.25. The third-order valence-electron chi connectivity index (χ3n) is 9.20. The number of rotatable bonds is 13. The maximum atomic E-state index is 12.9. The number of fused-ring (bicyclic) bond motifs is 2. The molecular weight excluding hydrogens is 584 g/mol. The first-order chi connectivity index (χ1) is 21.1. The molecule has 1 aromatic carbocycles. The topological polar surface area (TPSA) is 142 Å². The Hall–Kier alpha value is -2.66. The Bertz CT molecular complexity index is 1340. The van der Waals surface area contributed by atoms with Gasteiger partial charge in [-0.2, -0.15) is 0 Å². The van der Waals surface area contributed by atoms with Gasteiger partial charge in [-0.1, -0.05) is 29.3 Å². The van der Waals surface area contributed by atoms with Gasteiger partial charge in [-0.25, -0.2) is 4.68 Å². The van der Waals surface area contributed by atoms with Crippen LogP contribution in [0.4, 0.5) is 0 Å². The van der Waals surface area contributed by atoms with Gasteiger partial charge < -0.3 is 30.0 Å². The summed E-state index contributed by atoms with van der Waals surface area (Å²) < 4.78 is 8.40. The quantitative estimate of drug-likeness (QED) is 0.134. The normalized spacial score (nSPS) is 28.7. The number of aromatic nitrogens is 3. The van der Waals surface area contributed by atoms with E-state index in [1.165, 1.54) is 0 Å². The number of aliphatic hydroxyl groups excluding tert-OH is 2. The molecule has 10 nitrogen and oxygen atoms in total. The lowest BCUT2D eigenvalue weighted by Crippen LogP contribution is -2.62. The van der Waals surface area contributed by atoms with Crippen molar-refractivity contribution in [1.29, 1.82) is 0 Å². The minimum Gasteiger partial charge on any atom is -0.508 e. The van der Waals surface area contributed by atoms with Gasteiger partial charge in [0.05, 0.1) is 23.5 Å². The van der Waals surface area contributed by atoms with Crippen LogP contribution in [0.1, 0.15) is 95.4 Å². The summed E-state index contributed by atoms with van der Waals surface area (Å²) in [6.07, 6.45) is 10.4. The number of aromatic hydroxyl groups is 1. The van der Waals surface area contributed by atoms with E-state index in [1.807, 2.05) is 20.8 Å². The number of hydrogen-bond acceptors (Lipinski definition) is 9. The van der Waals surface area contributed by atoms with Crippen LogP contribution >= 0.6 is 11.6 Å². The van der Waals surface area contributed by atoms with E-state index in [-0.39, 0.29) is 36.7 Å². The summed E-state index contributed by atoms with van der Waals surface area (Å²) in [4.78, 5) is 6.02. The van der Waals surface area contributed by atoms with Crippen LogP contribution in [0.2, 0.25) is 0 Å². The second kappa shape index (κ2) is 13.8. The van der Waals surface area contributed by atoms with Gasteiger partial charge in [0, 0.05) is 37.0 Å². The molecule has 2 heterocycles. The number of phenols is 1. The minimum atomic E-state index is -1.70. The highest BCUT2D eigenvalue weighted by Gasteiger charge is 2.63. The Labute approximate surface area is 264 Å². The van der Waals surface area contributed by atoms with E-state index in [0.717, 1.165) is 54.6 Å². The first-order valence-corrected chi connectivity index (χ1v) is 16.5. The van der Waals surface area contributed by atoms with Crippen LogP contribution in [-0.2, 0) is 11.3 Å². The summed E-state index contributed by atoms with van der Waals surface area (Å²) in [6.45, 7) is 6.09. The SMILES string of the molecule is CC(C)(C)ON=C1C[C@H](n2nncc2CCCCl)[C@@]2(O)Oc3ccc(O)cc3[C@H]3[C@H](CCCCO)[C@@H](CCCCO)C=C1[C@H]32. The fourth-order valence-electron chi connectivity index (χ4n) is 7.35. The third-order valence-corrected chi connectivity index (χ3v) is 9.47. The van der Waals surface area contributed by atoms with Crippen LogP contribution in [0.15, 0.2) is 41.2 Å². The van der Waals surface area contributed by atoms with Crippen LogP contribution in [0.25, 0.3) is 0 Å². The highest BCUT2D eigenvalue weighted by atomic mass is 35.5. The Kier molecular flexibility index (Phi) is 10.2. The fourth-order valence-corrected chi connectivity index (χ4v) is 7.49. The molecule has 1 aliphatic heterocycles. The van der Waals surface area contributed by atoms with Gasteiger partial charge in [0.25, 0.3) is 0 Å². The molecule has 1 fully saturated rings. The van der Waals surface area contributed by atoms with Crippen molar-refractivity contribution in [2.75, 3.05) is 19.1 Å². The predicted molar refractivity (Wildman–Crippen MR) is 168 cm³/mol. The zero-order valence-electron chi connectivity index (χ0n) is 26.0. The highest BCUT2D eigenvalue weighted by molar-refractivity contribution is 6.17. The van der Waals surface area contributed by atoms with E-state index in [2.05, 4.69) is 16.4 Å². The number of aliphatic hydroxyl groups is 3. The van der Waals surface area contributed by atoms with Gasteiger partial charge in [-0.05, 0) is 94.9 Å². The molecule has 5 rings (SSSR count). The Morgan fingerprint density at radius 3 is 2.57 bits per heavy atom. The second-order valence-electron chi connectivity index (χ2n) is 13.4. The second-order valence-corrected chi connectivity index (χ2v) is 13.8. The van der Waals surface area contributed by atoms with E-state index >= 15 is 0 Å². The van der Waals surface area contributed by atoms with E-state index in [9.17, 15) is 20.4 Å². The third kappa shape index (κ3) is 6.64. The van der Waals surface area contributed by atoms with Gasteiger partial charge in [0.1, 0.15) is 23.1 Å². The van der Waals surface area contributed by atoms with Crippen molar-refractivity contribution >= 4 is 17.3 Å². The number of phenolic OH excluding ortho intramolecular Hbond substituents is 1. The molecular formula is C33H47ClN4O6. The molecule has 1 saturated carbocycles. The number of nitrogens with zero attached hydrogens (tertiary/aromatic N) is 4. The van der Waals surface area contributed by atoms with E-state index in [4.69, 9.17) is 26.3 Å². The molecule has 11 heteroatoms. The van der Waals surface area contributed by atoms with Crippen molar-refractivity contribution in [2.24, 2.45) is 22.9 Å². The Morgan fingerprint density at radius 2 is 1.86 bits per heavy atom. The first-order valence-electron chi connectivity index (χ1n) is 16.0. The summed E-state index contributed by atoms with van der Waals surface area (Å²) in [6, 6.07) is 4.43. The molecule has 3 aliphatic rings. The van der Waals surface area contributed by atoms with Crippen molar-refractivity contribution in [3.8, 4) is 11.5 Å². The molecule has 0 amide bonds. The highest BCUT2D eigenvalue weighted by Crippen LogP contribution is 2.62. The van der Waals surface area contributed by atoms with Crippen molar-refractivity contribution in [3.05, 3.63) is 47.3 Å². The molecule has 44 heavy (non-hydrogen) atoms. The zero-order chi connectivity index (χ0) is 31.5. The Morgan fingerprint density at radius 1 is 1.11 bits per heavy atom. The van der Waals surface area contributed by atoms with Crippen LogP contribution < -0.4 is 4.74 Å². The largest absolute Gasteiger partial charge is 0.508 e. The molecule has 2 aromatic rings. The maximum absolute atomic E-state index is 12.9. The Balaban J connectivity index is 1.71. The molecule has 242 valence electrons. The van der Waals surface area contributed by atoms with Crippen molar-refractivity contribution in [2.45, 2.75) is 102 Å². The number of benzene rings is 1. The summed E-state index contributed by atoms with van der Waals surface area (Å²) >= 11 is 6.05. The van der Waals surface area contributed by atoms with E-state index in [0.29, 0.717) is 37.3 Å². The number of unbranched alkanes of at least 4 members (excludes halogenated alkanes) is 2. The first kappa shape index (κ1) is 32.7. The standard InChI is InChI=1S/C33H47ClN4O6/c1-32(2,3)44-36-27-19-29(38-22(10-8-14-34)20-35-37-38)33(42)31-25(27)17-21(9-4-6-15-39)24(11-5-7-16-40)30(31)26-18-23(41)12-13-28(26)43-33/h12-13,17-18,20-21,24,29-31,39-42H,4-11,14-16,19H2,1-3H3/t21-,24+,29-,30+,31+,33+/m0/s1. The number of allylic oxidation sites excluding steroid dienone is 1. The van der Waals surface area contributed by atoms with E-state index < -0.39 is 23.3 Å². The average Bonchev–Trinajstić information content (AvgIpc) is 3.44. The number of aryl methyl sites for hydroxylation is 1. The summed E-state index contributed by atoms with van der Waals surface area (Å²) in [5, 5.41) is 56.2. The van der Waals surface area contributed by atoms with Crippen molar-refractivity contribution in [1.82, 2.24) is 15.0 Å². The van der Waals surface area contributed by atoms with Crippen LogP contribution in [0.3, 0.4) is 0 Å². The van der Waals surface area contributed by atoms with Gasteiger partial charge in [0.15, 0.2) is 0 Å². The molecule has 4 N–H and O–H groups in total. The molecule has 0 saturated heterocycles. The lowest BCUT2D eigenvalue weighted by molar-refractivity contribution is -0.225. The molecule has 2 aliphatic carbocycles. The molecule has 0 radical (unpaired) electrons. The van der Waals surface area contributed by atoms with Crippen molar-refractivity contribution < 1.29 is 30.0 Å². The lowest BCUT2D eigenvalue weighted by atomic mass is 9.55. The monoisotopic (exact) mass is 630 g/mol. The number of oxime groups is 1. The number of halogens is 1. The summed E-state index contributed by atoms with van der Waals surface area (Å²) in [5.74, 6) is -1.08. The van der Waals surface area contributed by atoms with Crippen LogP contribution in [0.5, 0.6) is 11.5 Å². The van der Waals surface area contributed by atoms with Gasteiger partial charge >= 0.3 is 0 Å². The van der Waals surface area contributed by atoms with Crippen LogP contribution in [0, 0.1) is 17.8 Å². The number of hydrogen-bond donors (Lipinski definition) is 4. The lowest BCUT2D eigenvalue weighted by Gasteiger charge is -2.56. The average molecular weight is 631 g/mol. The number of ether oxygens (including phenoxy) is 1. The molecule has 6 atom stereocenters. The van der Waals surface area contributed by atoms with Crippen molar-refractivity contribution in [3.63, 3.8) is 0 Å².